The van der Waals surface area contributed by atoms with Crippen molar-refractivity contribution in [1.82, 2.24) is 5.32 Å². The van der Waals surface area contributed by atoms with E-state index in [1.807, 2.05) is 13.8 Å². The van der Waals surface area contributed by atoms with Crippen molar-refractivity contribution >= 4 is 0 Å². The summed E-state index contributed by atoms with van der Waals surface area (Å²) in [5.41, 5.74) is 0.557. The van der Waals surface area contributed by atoms with Crippen LogP contribution in [-0.2, 0) is 6.54 Å². The summed E-state index contributed by atoms with van der Waals surface area (Å²) in [5.74, 6) is -1.66. The van der Waals surface area contributed by atoms with E-state index in [0.717, 1.165) is 6.42 Å². The molecule has 3 nitrogen and oxygen atoms in total. The second-order valence-corrected chi connectivity index (χ2v) is 5.06. The number of aliphatic hydroxyl groups excluding tert-OH is 1. The Kier molecular flexibility index (Phi) is 7.47. The van der Waals surface area contributed by atoms with E-state index in [2.05, 4.69) is 5.32 Å². The van der Waals surface area contributed by atoms with Crippen molar-refractivity contribution in [3.05, 3.63) is 29.3 Å². The maximum absolute atomic E-state index is 13.8. The van der Waals surface area contributed by atoms with Gasteiger partial charge < -0.3 is 15.2 Å². The topological polar surface area (TPSA) is 41.5 Å². The van der Waals surface area contributed by atoms with Crippen LogP contribution in [0.5, 0.6) is 5.75 Å². The minimum Gasteiger partial charge on any atom is -0.488 e. The molecule has 114 valence electrons. The number of ether oxygens (including phenoxy) is 1. The summed E-state index contributed by atoms with van der Waals surface area (Å²) in [7, 11) is 0. The molecule has 20 heavy (non-hydrogen) atoms. The van der Waals surface area contributed by atoms with Crippen LogP contribution in [0.25, 0.3) is 0 Å². The van der Waals surface area contributed by atoms with Crippen molar-refractivity contribution in [2.24, 2.45) is 0 Å². The molecule has 0 amide bonds. The monoisotopic (exact) mass is 287 g/mol. The van der Waals surface area contributed by atoms with Crippen molar-refractivity contribution < 1.29 is 18.6 Å². The van der Waals surface area contributed by atoms with Crippen LogP contribution in [-0.4, -0.2) is 24.4 Å². The summed E-state index contributed by atoms with van der Waals surface area (Å²) in [5, 5.41) is 11.7. The Bertz CT molecular complexity index is 388. The van der Waals surface area contributed by atoms with Crippen LogP contribution >= 0.6 is 0 Å². The van der Waals surface area contributed by atoms with Gasteiger partial charge in [0, 0.05) is 19.2 Å². The molecule has 0 aliphatic carbocycles. The molecule has 0 heterocycles. The number of aliphatic hydroxyl groups is 1. The molecule has 0 saturated carbocycles. The number of hydrogen-bond donors (Lipinski definition) is 2. The molecule has 0 spiro atoms. The van der Waals surface area contributed by atoms with Gasteiger partial charge in [0.15, 0.2) is 17.4 Å². The highest BCUT2D eigenvalue weighted by Crippen LogP contribution is 2.23. The maximum Gasteiger partial charge on any atom is 0.190 e. The van der Waals surface area contributed by atoms with Crippen LogP contribution in [0.3, 0.4) is 0 Å². The average molecular weight is 287 g/mol. The smallest absolute Gasteiger partial charge is 0.190 e. The first kappa shape index (κ1) is 16.9. The van der Waals surface area contributed by atoms with Gasteiger partial charge in [-0.15, -0.1) is 0 Å². The molecule has 0 radical (unpaired) electrons. The minimum absolute atomic E-state index is 0.125. The van der Waals surface area contributed by atoms with E-state index < -0.39 is 11.6 Å². The van der Waals surface area contributed by atoms with E-state index >= 15 is 0 Å². The molecule has 0 aromatic heterocycles. The first-order valence-corrected chi connectivity index (χ1v) is 6.99. The summed E-state index contributed by atoms with van der Waals surface area (Å²) in [6, 6.07) is 2.84. The molecule has 0 aliphatic heterocycles. The van der Waals surface area contributed by atoms with Crippen molar-refractivity contribution in [2.45, 2.75) is 45.7 Å². The molecule has 0 unspecified atom stereocenters. The Labute approximate surface area is 119 Å². The molecule has 5 heteroatoms. The average Bonchev–Trinajstić information content (AvgIpc) is 2.38. The van der Waals surface area contributed by atoms with Gasteiger partial charge in [-0.05, 0) is 37.0 Å². The highest BCUT2D eigenvalue weighted by Gasteiger charge is 2.12. The molecule has 0 bridgehead atoms. The maximum atomic E-state index is 13.8. The second kappa shape index (κ2) is 8.87. The van der Waals surface area contributed by atoms with Crippen molar-refractivity contribution in [3.63, 3.8) is 0 Å². The first-order valence-electron chi connectivity index (χ1n) is 6.99. The molecule has 2 N–H and O–H groups in total. The summed E-state index contributed by atoms with van der Waals surface area (Å²) in [6.07, 6.45) is 2.11. The van der Waals surface area contributed by atoms with Crippen LogP contribution in [0, 0.1) is 11.6 Å². The number of hydrogen-bond acceptors (Lipinski definition) is 3. The van der Waals surface area contributed by atoms with E-state index in [1.165, 1.54) is 12.1 Å². The Hall–Kier alpha value is -1.20. The molecule has 1 aromatic rings. The molecule has 1 rings (SSSR count). The lowest BCUT2D eigenvalue weighted by atomic mass is 10.2. The van der Waals surface area contributed by atoms with Gasteiger partial charge in [-0.1, -0.05) is 13.8 Å². The lowest BCUT2D eigenvalue weighted by molar-refractivity contribution is 0.255. The zero-order chi connectivity index (χ0) is 15.0. The summed E-state index contributed by atoms with van der Waals surface area (Å²) < 4.78 is 32.7. The van der Waals surface area contributed by atoms with Crippen LogP contribution in [0.2, 0.25) is 0 Å². The molecule has 0 saturated heterocycles. The van der Waals surface area contributed by atoms with Crippen LogP contribution in [0.15, 0.2) is 12.1 Å². The number of halogens is 2. The Balaban J connectivity index is 2.55. The van der Waals surface area contributed by atoms with E-state index in [9.17, 15) is 8.78 Å². The number of benzene rings is 1. The van der Waals surface area contributed by atoms with E-state index in [1.54, 1.807) is 0 Å². The van der Waals surface area contributed by atoms with E-state index in [0.29, 0.717) is 24.9 Å². The fraction of sp³-hybridized carbons (Fsp3) is 0.600. The highest BCUT2D eigenvalue weighted by atomic mass is 19.1. The van der Waals surface area contributed by atoms with E-state index in [4.69, 9.17) is 9.84 Å². The zero-order valence-corrected chi connectivity index (χ0v) is 12.1. The third kappa shape index (κ3) is 5.84. The molecular formula is C15H23F2NO2. The van der Waals surface area contributed by atoms with Crippen LogP contribution in [0.4, 0.5) is 8.78 Å². The summed E-state index contributed by atoms with van der Waals surface area (Å²) in [6.45, 7) is 4.73. The predicted octanol–water partition coefficient (Wildman–Crippen LogP) is 3.00. The molecule has 0 aliphatic rings. The fourth-order valence-corrected chi connectivity index (χ4v) is 1.74. The number of rotatable bonds is 9. The third-order valence-electron chi connectivity index (χ3n) is 2.82. The minimum atomic E-state index is -0.673. The van der Waals surface area contributed by atoms with Crippen molar-refractivity contribution in [2.75, 3.05) is 13.2 Å². The quantitative estimate of drug-likeness (QED) is 0.686. The number of nitrogens with one attached hydrogen (secondary N) is 1. The van der Waals surface area contributed by atoms with Gasteiger partial charge in [-0.2, -0.15) is 0 Å². The standard InChI is InChI=1S/C15H23F2NO2/c1-11(2)18-10-12-8-13(16)15(14(17)9-12)20-7-5-3-4-6-19/h8-9,11,18-19H,3-7,10H2,1-2H3. The van der Waals surface area contributed by atoms with Gasteiger partial charge >= 0.3 is 0 Å². The van der Waals surface area contributed by atoms with Gasteiger partial charge in [-0.25, -0.2) is 8.78 Å². The van der Waals surface area contributed by atoms with Crippen LogP contribution in [0.1, 0.15) is 38.7 Å². The molecule has 0 fully saturated rings. The largest absolute Gasteiger partial charge is 0.488 e. The fourth-order valence-electron chi connectivity index (χ4n) is 1.74. The molecular weight excluding hydrogens is 264 g/mol. The number of unbranched alkanes of at least 4 members (excludes halogenated alkanes) is 2. The molecule has 1 aromatic carbocycles. The van der Waals surface area contributed by atoms with Gasteiger partial charge in [0.1, 0.15) is 0 Å². The highest BCUT2D eigenvalue weighted by molar-refractivity contribution is 5.31. The third-order valence-corrected chi connectivity index (χ3v) is 2.82. The van der Waals surface area contributed by atoms with Crippen molar-refractivity contribution in [3.8, 4) is 5.75 Å². The first-order chi connectivity index (χ1) is 9.54. The summed E-state index contributed by atoms with van der Waals surface area (Å²) in [4.78, 5) is 0. The van der Waals surface area contributed by atoms with E-state index in [-0.39, 0.29) is 25.0 Å². The van der Waals surface area contributed by atoms with Gasteiger partial charge in [0.05, 0.1) is 6.61 Å². The van der Waals surface area contributed by atoms with Gasteiger partial charge in [0.25, 0.3) is 0 Å². The molecule has 0 atom stereocenters. The lowest BCUT2D eigenvalue weighted by Crippen LogP contribution is -2.22. The Morgan fingerprint density at radius 1 is 1.15 bits per heavy atom. The normalized spacial score (nSPS) is 11.1. The summed E-state index contributed by atoms with van der Waals surface area (Å²) >= 11 is 0. The second-order valence-electron chi connectivity index (χ2n) is 5.06. The van der Waals surface area contributed by atoms with Gasteiger partial charge in [0.2, 0.25) is 0 Å². The predicted molar refractivity (Wildman–Crippen MR) is 74.8 cm³/mol. The Morgan fingerprint density at radius 2 is 1.80 bits per heavy atom. The van der Waals surface area contributed by atoms with Crippen LogP contribution < -0.4 is 10.1 Å². The SMILES string of the molecule is CC(C)NCc1cc(F)c(OCCCCCO)c(F)c1. The lowest BCUT2D eigenvalue weighted by Gasteiger charge is -2.12. The zero-order valence-electron chi connectivity index (χ0n) is 12.1. The Morgan fingerprint density at radius 3 is 2.35 bits per heavy atom. The van der Waals surface area contributed by atoms with Gasteiger partial charge in [-0.3, -0.25) is 0 Å². The van der Waals surface area contributed by atoms with Crippen molar-refractivity contribution in [1.29, 1.82) is 0 Å².